The number of benzene rings is 6. The molecule has 0 bridgehead atoms. The predicted octanol–water partition coefficient (Wildman–Crippen LogP) is 4.42. The third kappa shape index (κ3) is 9.00. The highest BCUT2D eigenvalue weighted by Gasteiger charge is 2.22. The lowest BCUT2D eigenvalue weighted by Crippen LogP contribution is -2.19. The molecule has 6 aromatic rings. The highest BCUT2D eigenvalue weighted by molar-refractivity contribution is 7.86. The number of phenolic OH excluding ortho intramolecular Hbond substituents is 2. The van der Waals surface area contributed by atoms with Gasteiger partial charge in [0.2, 0.25) is 0 Å². The third-order valence-electron chi connectivity index (χ3n) is 8.76. The molecule has 0 saturated heterocycles. The van der Waals surface area contributed by atoms with E-state index < -0.39 is 98.1 Å². The van der Waals surface area contributed by atoms with Crippen LogP contribution in [0.2, 0.25) is 0 Å². The molecule has 0 saturated carbocycles. The summed E-state index contributed by atoms with van der Waals surface area (Å²) in [6, 6.07) is 18.2. The Morgan fingerprint density at radius 3 is 1.72 bits per heavy atom. The summed E-state index contributed by atoms with van der Waals surface area (Å²) < 4.78 is 136. The number of amides is 2. The van der Waals surface area contributed by atoms with Gasteiger partial charge in [-0.25, -0.2) is 34.3 Å². The van der Waals surface area contributed by atoms with Crippen LogP contribution in [0.1, 0.15) is 27.8 Å². The fourth-order valence-corrected chi connectivity index (χ4v) is 8.82. The van der Waals surface area contributed by atoms with Crippen LogP contribution in [0.5, 0.6) is 17.2 Å². The van der Waals surface area contributed by atoms with Crippen LogP contribution >= 0.6 is 0 Å². The quantitative estimate of drug-likeness (QED) is 0.104. The summed E-state index contributed by atoms with van der Waals surface area (Å²) in [5.41, 5.74) is -0.165. The zero-order valence-electron chi connectivity index (χ0n) is 28.9. The molecule has 2 amide bonds. The molecule has 21 heteroatoms. The van der Waals surface area contributed by atoms with E-state index in [2.05, 4.69) is 10.6 Å². The lowest BCUT2D eigenvalue weighted by Gasteiger charge is -2.19. The van der Waals surface area contributed by atoms with Crippen LogP contribution in [0.15, 0.2) is 106 Å². The van der Waals surface area contributed by atoms with Crippen molar-refractivity contribution < 1.29 is 66.9 Å². The van der Waals surface area contributed by atoms with Gasteiger partial charge >= 0.3 is 6.03 Å². The highest BCUT2D eigenvalue weighted by atomic mass is 32.2. The van der Waals surface area contributed by atoms with Crippen LogP contribution in [0, 0.1) is 6.92 Å². The SMILES string of the molecule is Cc1ccc(Cc2c(OS(=O)[O-])cc3cc(NC(=O)Nc4ccc5c(O)c(Cc6ccccc6S(=O)(=O)[O-])c(S(=O)(=O)[O-])cc5c4)ccc3c2O)c(S(=O)(=O)[O-])c1. The van der Waals surface area contributed by atoms with Crippen molar-refractivity contribution in [2.24, 2.45) is 0 Å². The van der Waals surface area contributed by atoms with Crippen molar-refractivity contribution in [1.29, 1.82) is 0 Å². The Morgan fingerprint density at radius 2 is 1.16 bits per heavy atom. The van der Waals surface area contributed by atoms with Crippen LogP contribution in [0.25, 0.3) is 21.5 Å². The van der Waals surface area contributed by atoms with Crippen LogP contribution in [-0.2, 0) is 54.6 Å². The number of urea groups is 1. The van der Waals surface area contributed by atoms with Crippen molar-refractivity contribution in [2.75, 3.05) is 10.6 Å². The minimum atomic E-state index is -5.29. The maximum absolute atomic E-state index is 13.1. The molecule has 6 aromatic carbocycles. The van der Waals surface area contributed by atoms with Gasteiger partial charge in [-0.3, -0.25) is 0 Å². The molecule has 0 fully saturated rings. The fraction of sp³-hybridized carbons (Fsp3) is 0.0833. The van der Waals surface area contributed by atoms with Gasteiger partial charge in [0.05, 0.1) is 14.7 Å². The first kappa shape index (κ1) is 41.0. The second-order valence-electron chi connectivity index (χ2n) is 12.6. The number of nitrogens with one attached hydrogen (secondary N) is 2. The molecule has 0 aromatic heterocycles. The van der Waals surface area contributed by atoms with Gasteiger partial charge in [0.15, 0.2) is 0 Å². The monoisotopic (exact) mass is 854 g/mol. The van der Waals surface area contributed by atoms with Gasteiger partial charge in [-0.2, -0.15) is 0 Å². The van der Waals surface area contributed by atoms with Crippen LogP contribution in [-0.4, -0.2) is 63.9 Å². The van der Waals surface area contributed by atoms with E-state index in [-0.39, 0.29) is 49.6 Å². The second kappa shape index (κ2) is 15.4. The van der Waals surface area contributed by atoms with Crippen molar-refractivity contribution in [1.82, 2.24) is 0 Å². The Morgan fingerprint density at radius 1 is 0.649 bits per heavy atom. The summed E-state index contributed by atoms with van der Waals surface area (Å²) in [4.78, 5) is 10.9. The van der Waals surface area contributed by atoms with Gasteiger partial charge < -0.3 is 43.2 Å². The molecule has 4 N–H and O–H groups in total. The van der Waals surface area contributed by atoms with Crippen molar-refractivity contribution in [3.05, 3.63) is 119 Å². The van der Waals surface area contributed by atoms with Gasteiger partial charge in [0.25, 0.3) is 0 Å². The average Bonchev–Trinajstić information content (AvgIpc) is 3.10. The Balaban J connectivity index is 1.29. The number of carbonyl (C=O) groups excluding carboxylic acids is 1. The van der Waals surface area contributed by atoms with Gasteiger partial charge in [0, 0.05) is 46.1 Å². The van der Waals surface area contributed by atoms with E-state index in [1.165, 1.54) is 72.8 Å². The molecule has 0 spiro atoms. The number of hydrogen-bond donors (Lipinski definition) is 4. The van der Waals surface area contributed by atoms with Crippen molar-refractivity contribution in [2.45, 2.75) is 34.5 Å². The Hall–Kier alpha value is -5.65. The van der Waals surface area contributed by atoms with Crippen molar-refractivity contribution in [3.63, 3.8) is 0 Å². The molecule has 0 radical (unpaired) electrons. The normalized spacial score (nSPS) is 12.7. The molecule has 298 valence electrons. The molecule has 17 nitrogen and oxygen atoms in total. The minimum Gasteiger partial charge on any atom is -0.744 e. The number of rotatable bonds is 11. The van der Waals surface area contributed by atoms with E-state index in [0.29, 0.717) is 5.56 Å². The summed E-state index contributed by atoms with van der Waals surface area (Å²) in [7, 11) is -15.3. The summed E-state index contributed by atoms with van der Waals surface area (Å²) in [5.74, 6) is -1.58. The second-order valence-corrected chi connectivity index (χ2v) is 17.2. The Kier molecular flexibility index (Phi) is 11.0. The van der Waals surface area contributed by atoms with Crippen LogP contribution < -0.4 is 14.8 Å². The van der Waals surface area contributed by atoms with Gasteiger partial charge in [-0.15, -0.1) is 0 Å². The van der Waals surface area contributed by atoms with Gasteiger partial charge in [-0.05, 0) is 95.1 Å². The maximum atomic E-state index is 13.1. The summed E-state index contributed by atoms with van der Waals surface area (Å²) in [6.45, 7) is 1.57. The van der Waals surface area contributed by atoms with E-state index in [0.717, 1.165) is 18.2 Å². The van der Waals surface area contributed by atoms with E-state index in [4.69, 9.17) is 4.18 Å². The lowest BCUT2D eigenvalue weighted by atomic mass is 9.97. The van der Waals surface area contributed by atoms with E-state index in [9.17, 15) is 62.7 Å². The molecule has 57 heavy (non-hydrogen) atoms. The molecular formula is C36H26N2O15S4-4. The number of aromatic hydroxyl groups is 2. The zero-order chi connectivity index (χ0) is 41.6. The number of aryl methyl sites for hydroxylation is 1. The maximum Gasteiger partial charge on any atom is 0.323 e. The van der Waals surface area contributed by atoms with Crippen molar-refractivity contribution in [3.8, 4) is 17.2 Å². The van der Waals surface area contributed by atoms with Gasteiger partial charge in [-0.1, -0.05) is 30.3 Å². The van der Waals surface area contributed by atoms with Crippen molar-refractivity contribution >= 4 is 80.7 Å². The molecule has 0 aliphatic carbocycles. The molecule has 0 aliphatic heterocycles. The topological polar surface area (TPSA) is 303 Å². The Labute approximate surface area is 327 Å². The average molecular weight is 855 g/mol. The number of fused-ring (bicyclic) bond motifs is 2. The number of hydrogen-bond acceptors (Lipinski definition) is 15. The van der Waals surface area contributed by atoms with Gasteiger partial charge in [0.1, 0.15) is 59.0 Å². The van der Waals surface area contributed by atoms with Crippen LogP contribution in [0.4, 0.5) is 16.2 Å². The molecule has 0 aliphatic rings. The molecule has 1 unspecified atom stereocenters. The number of anilines is 2. The van der Waals surface area contributed by atoms with E-state index in [1.54, 1.807) is 6.92 Å². The Bertz CT molecular complexity index is 3010. The summed E-state index contributed by atoms with van der Waals surface area (Å²) in [5, 5.41) is 27.6. The molecule has 1 atom stereocenters. The lowest BCUT2D eigenvalue weighted by molar-refractivity contribution is 0.262. The fourth-order valence-electron chi connectivity index (χ4n) is 6.29. The summed E-state index contributed by atoms with van der Waals surface area (Å²) in [6.07, 6.45) is -1.02. The van der Waals surface area contributed by atoms with Crippen LogP contribution in [0.3, 0.4) is 0 Å². The molecule has 6 rings (SSSR count). The first-order valence-electron chi connectivity index (χ1n) is 16.1. The highest BCUT2D eigenvalue weighted by Crippen LogP contribution is 2.41. The molecule has 0 heterocycles. The minimum absolute atomic E-state index is 0.0147. The zero-order valence-corrected chi connectivity index (χ0v) is 32.2. The standard InChI is InChI=1S/C36H30N2O15S4/c1-19-6-7-21(32(12-19)56(47,48)49)15-28-30(53-54(42)43)17-22-13-24(8-10-26(22)34(28)39)37-36(41)38-25-9-11-27-23(14-25)18-33(57(50,51)52)29(35(27)40)16-20-4-2-3-5-31(20)55(44,45)46/h2-14,17-18,39-40H,15-16H2,1H3,(H,42,43)(H2,37,38,41)(H,44,45,46)(H,47,48,49)(H,50,51,52)/p-4. The predicted molar refractivity (Wildman–Crippen MR) is 201 cm³/mol. The first-order chi connectivity index (χ1) is 26.6. The molecular weight excluding hydrogens is 829 g/mol. The largest absolute Gasteiger partial charge is 0.744 e. The number of carbonyl (C=O) groups is 1. The van der Waals surface area contributed by atoms with E-state index >= 15 is 0 Å². The first-order valence-corrected chi connectivity index (χ1v) is 21.3. The smallest absolute Gasteiger partial charge is 0.323 e. The summed E-state index contributed by atoms with van der Waals surface area (Å²) >= 11 is -3.15. The third-order valence-corrected chi connectivity index (χ3v) is 11.8. The number of phenols is 2. The van der Waals surface area contributed by atoms with E-state index in [1.807, 2.05) is 0 Å².